The number of amides is 1. The minimum absolute atomic E-state index is 0.277. The van der Waals surface area contributed by atoms with Gasteiger partial charge in [0.15, 0.2) is 23.0 Å². The van der Waals surface area contributed by atoms with Crippen molar-refractivity contribution in [3.8, 4) is 23.0 Å². The van der Waals surface area contributed by atoms with Gasteiger partial charge in [-0.2, -0.15) is 5.10 Å². The number of hydrogen-bond acceptors (Lipinski definition) is 7. The van der Waals surface area contributed by atoms with Crippen LogP contribution in [-0.2, 0) is 0 Å². The van der Waals surface area contributed by atoms with Gasteiger partial charge in [-0.25, -0.2) is 10.2 Å². The van der Waals surface area contributed by atoms with Crippen LogP contribution in [0.25, 0.3) is 0 Å². The molecule has 1 amide bonds. The standard InChI is InChI=1S/C24H19IN2O6/c1-30-21-12-15(6-8-20(21)33-24(29)17-4-2-3-5-18(17)25)14-26-27-23(28)16-7-9-19-22(13-16)32-11-10-31-19/h2-9,12-14H,10-11H2,1H3,(H,27,28)/b26-14+. The lowest BCUT2D eigenvalue weighted by Gasteiger charge is -2.18. The summed E-state index contributed by atoms with van der Waals surface area (Å²) in [6, 6.07) is 17.0. The molecule has 3 aromatic carbocycles. The van der Waals surface area contributed by atoms with Crippen molar-refractivity contribution in [1.82, 2.24) is 5.43 Å². The number of nitrogens with one attached hydrogen (secondary N) is 1. The number of halogens is 1. The lowest BCUT2D eigenvalue weighted by molar-refractivity contribution is 0.0728. The zero-order valence-corrected chi connectivity index (χ0v) is 19.7. The van der Waals surface area contributed by atoms with E-state index in [2.05, 4.69) is 33.1 Å². The third-order valence-corrected chi connectivity index (χ3v) is 5.61. The lowest BCUT2D eigenvalue weighted by atomic mass is 10.2. The number of rotatable bonds is 6. The summed E-state index contributed by atoms with van der Waals surface area (Å²) in [5.41, 5.74) is 3.98. The number of hydrogen-bond donors (Lipinski definition) is 1. The van der Waals surface area contributed by atoms with Gasteiger partial charge in [0.1, 0.15) is 13.2 Å². The van der Waals surface area contributed by atoms with Gasteiger partial charge in [0.25, 0.3) is 5.91 Å². The second-order valence-corrected chi connectivity index (χ2v) is 8.00. The van der Waals surface area contributed by atoms with E-state index < -0.39 is 11.9 Å². The molecule has 0 saturated carbocycles. The zero-order chi connectivity index (χ0) is 23.2. The number of methoxy groups -OCH3 is 1. The van der Waals surface area contributed by atoms with Crippen LogP contribution in [0.15, 0.2) is 65.8 Å². The van der Waals surface area contributed by atoms with Crippen LogP contribution < -0.4 is 24.4 Å². The van der Waals surface area contributed by atoms with E-state index in [1.54, 1.807) is 48.5 Å². The Morgan fingerprint density at radius 3 is 2.58 bits per heavy atom. The maximum absolute atomic E-state index is 12.5. The number of carbonyl (C=O) groups is 2. The summed E-state index contributed by atoms with van der Waals surface area (Å²) >= 11 is 2.08. The van der Waals surface area contributed by atoms with Crippen LogP contribution in [-0.4, -0.2) is 38.4 Å². The predicted octanol–water partition coefficient (Wildman–Crippen LogP) is 4.05. The van der Waals surface area contributed by atoms with Gasteiger partial charge in [-0.1, -0.05) is 12.1 Å². The van der Waals surface area contributed by atoms with Gasteiger partial charge >= 0.3 is 5.97 Å². The largest absolute Gasteiger partial charge is 0.493 e. The molecule has 0 atom stereocenters. The third-order valence-electron chi connectivity index (χ3n) is 4.67. The van der Waals surface area contributed by atoms with E-state index in [4.69, 9.17) is 18.9 Å². The highest BCUT2D eigenvalue weighted by molar-refractivity contribution is 14.1. The van der Waals surface area contributed by atoms with Gasteiger partial charge < -0.3 is 18.9 Å². The molecule has 0 aliphatic carbocycles. The fourth-order valence-electron chi connectivity index (χ4n) is 3.04. The summed E-state index contributed by atoms with van der Waals surface area (Å²) in [7, 11) is 1.48. The molecule has 1 N–H and O–H groups in total. The molecule has 0 bridgehead atoms. The van der Waals surface area contributed by atoms with E-state index in [9.17, 15) is 9.59 Å². The van der Waals surface area contributed by atoms with Crippen LogP contribution in [0.5, 0.6) is 23.0 Å². The van der Waals surface area contributed by atoms with Crippen molar-refractivity contribution in [2.45, 2.75) is 0 Å². The number of ether oxygens (including phenoxy) is 4. The highest BCUT2D eigenvalue weighted by Crippen LogP contribution is 2.31. The first-order valence-electron chi connectivity index (χ1n) is 9.93. The zero-order valence-electron chi connectivity index (χ0n) is 17.5. The topological polar surface area (TPSA) is 95.5 Å². The Labute approximate surface area is 203 Å². The molecule has 1 aliphatic heterocycles. The second kappa shape index (κ2) is 10.3. The second-order valence-electron chi connectivity index (χ2n) is 6.84. The van der Waals surface area contributed by atoms with Crippen LogP contribution in [0, 0.1) is 3.57 Å². The van der Waals surface area contributed by atoms with E-state index in [1.807, 2.05) is 12.1 Å². The maximum Gasteiger partial charge on any atom is 0.344 e. The van der Waals surface area contributed by atoms with Gasteiger partial charge in [-0.05, 0) is 76.7 Å². The number of benzene rings is 3. The van der Waals surface area contributed by atoms with Crippen molar-refractivity contribution >= 4 is 40.7 Å². The minimum atomic E-state index is -0.480. The smallest absolute Gasteiger partial charge is 0.344 e. The van der Waals surface area contributed by atoms with E-state index in [-0.39, 0.29) is 5.75 Å². The Hall–Kier alpha value is -3.60. The Kier molecular flexibility index (Phi) is 7.08. The molecule has 0 unspecified atom stereocenters. The molecule has 9 heteroatoms. The molecule has 0 spiro atoms. The molecular weight excluding hydrogens is 539 g/mol. The SMILES string of the molecule is COc1cc(/C=N/NC(=O)c2ccc3c(c2)OCCO3)ccc1OC(=O)c1ccccc1I. The fraction of sp³-hybridized carbons (Fsp3) is 0.125. The number of esters is 1. The summed E-state index contributed by atoms with van der Waals surface area (Å²) in [4.78, 5) is 24.9. The predicted molar refractivity (Wildman–Crippen MR) is 130 cm³/mol. The van der Waals surface area contributed by atoms with Crippen LogP contribution in [0.2, 0.25) is 0 Å². The van der Waals surface area contributed by atoms with Gasteiger partial charge in [-0.3, -0.25) is 4.79 Å². The molecule has 0 aromatic heterocycles. The van der Waals surface area contributed by atoms with E-state index in [0.717, 1.165) is 3.57 Å². The normalized spacial score (nSPS) is 12.3. The van der Waals surface area contributed by atoms with Crippen molar-refractivity contribution in [2.75, 3.05) is 20.3 Å². The van der Waals surface area contributed by atoms with Crippen LogP contribution in [0.1, 0.15) is 26.3 Å². The monoisotopic (exact) mass is 558 g/mol. The summed E-state index contributed by atoms with van der Waals surface area (Å²) < 4.78 is 22.6. The van der Waals surface area contributed by atoms with Crippen molar-refractivity contribution in [1.29, 1.82) is 0 Å². The average molecular weight is 558 g/mol. The highest BCUT2D eigenvalue weighted by Gasteiger charge is 2.16. The highest BCUT2D eigenvalue weighted by atomic mass is 127. The summed E-state index contributed by atoms with van der Waals surface area (Å²) in [5, 5.41) is 3.99. The number of carbonyl (C=O) groups excluding carboxylic acids is 2. The summed E-state index contributed by atoms with van der Waals surface area (Å²) in [6.45, 7) is 0.920. The Morgan fingerprint density at radius 1 is 1.00 bits per heavy atom. The molecule has 168 valence electrons. The van der Waals surface area contributed by atoms with Crippen molar-refractivity contribution in [3.63, 3.8) is 0 Å². The molecular formula is C24H19IN2O6. The minimum Gasteiger partial charge on any atom is -0.493 e. The van der Waals surface area contributed by atoms with Crippen molar-refractivity contribution in [2.24, 2.45) is 5.10 Å². The van der Waals surface area contributed by atoms with Crippen LogP contribution in [0.3, 0.4) is 0 Å². The molecule has 1 heterocycles. The molecule has 4 rings (SSSR count). The Bertz CT molecular complexity index is 1230. The number of fused-ring (bicyclic) bond motifs is 1. The van der Waals surface area contributed by atoms with Gasteiger partial charge in [0, 0.05) is 9.13 Å². The van der Waals surface area contributed by atoms with Gasteiger partial charge in [-0.15, -0.1) is 0 Å². The molecule has 0 radical (unpaired) electrons. The Morgan fingerprint density at radius 2 is 1.79 bits per heavy atom. The van der Waals surface area contributed by atoms with Crippen molar-refractivity contribution in [3.05, 3.63) is 80.9 Å². The summed E-state index contributed by atoms with van der Waals surface area (Å²) in [5.74, 6) is 0.898. The summed E-state index contributed by atoms with van der Waals surface area (Å²) in [6.07, 6.45) is 1.46. The molecule has 0 saturated heterocycles. The quantitative estimate of drug-likeness (QED) is 0.161. The molecule has 0 fully saturated rings. The molecule has 1 aliphatic rings. The first kappa shape index (κ1) is 22.6. The molecule has 33 heavy (non-hydrogen) atoms. The maximum atomic E-state index is 12.5. The van der Waals surface area contributed by atoms with E-state index in [0.29, 0.717) is 47.2 Å². The molecule has 3 aromatic rings. The molecule has 8 nitrogen and oxygen atoms in total. The van der Waals surface area contributed by atoms with Crippen molar-refractivity contribution < 1.29 is 28.5 Å². The lowest BCUT2D eigenvalue weighted by Crippen LogP contribution is -2.19. The number of hydrazone groups is 1. The van der Waals surface area contributed by atoms with Crippen LogP contribution >= 0.6 is 22.6 Å². The van der Waals surface area contributed by atoms with E-state index >= 15 is 0 Å². The average Bonchev–Trinajstić information content (AvgIpc) is 2.84. The van der Waals surface area contributed by atoms with Crippen LogP contribution in [0.4, 0.5) is 0 Å². The Balaban J connectivity index is 1.42. The fourth-order valence-corrected chi connectivity index (χ4v) is 3.65. The third kappa shape index (κ3) is 5.43. The number of nitrogens with zero attached hydrogens (tertiary/aromatic N) is 1. The first-order chi connectivity index (χ1) is 16.0. The van der Waals surface area contributed by atoms with E-state index in [1.165, 1.54) is 13.3 Å². The first-order valence-corrected chi connectivity index (χ1v) is 11.0. The van der Waals surface area contributed by atoms with Gasteiger partial charge in [0.2, 0.25) is 0 Å². The van der Waals surface area contributed by atoms with Gasteiger partial charge in [0.05, 0.1) is 18.9 Å².